The second-order valence-corrected chi connectivity index (χ2v) is 3.02. The van der Waals surface area contributed by atoms with Crippen LogP contribution in [0.1, 0.15) is 11.3 Å². The van der Waals surface area contributed by atoms with Crippen molar-refractivity contribution in [2.45, 2.75) is 0 Å². The van der Waals surface area contributed by atoms with Crippen LogP contribution >= 0.6 is 0 Å². The van der Waals surface area contributed by atoms with E-state index in [1.54, 1.807) is 0 Å². The van der Waals surface area contributed by atoms with Crippen molar-refractivity contribution < 1.29 is 4.42 Å². The van der Waals surface area contributed by atoms with Gasteiger partial charge in [0.05, 0.1) is 11.5 Å². The van der Waals surface area contributed by atoms with E-state index in [4.69, 9.17) is 4.42 Å². The van der Waals surface area contributed by atoms with Gasteiger partial charge in [-0.1, -0.05) is 12.1 Å². The first-order valence-corrected chi connectivity index (χ1v) is 4.22. The number of fused-ring (bicyclic) bond motifs is 3. The molecular weight excluding hydrogens is 160 g/mol. The molecule has 1 aromatic carbocycles. The van der Waals surface area contributed by atoms with Crippen LogP contribution in [0.3, 0.4) is 0 Å². The lowest BCUT2D eigenvalue weighted by molar-refractivity contribution is 0.603. The van der Waals surface area contributed by atoms with Gasteiger partial charge in [-0.25, -0.2) is 0 Å². The quantitative estimate of drug-likeness (QED) is 0.549. The molecule has 1 heterocycles. The van der Waals surface area contributed by atoms with E-state index in [1.165, 1.54) is 5.39 Å². The van der Waals surface area contributed by atoms with E-state index in [2.05, 4.69) is 12.1 Å². The van der Waals surface area contributed by atoms with Crippen LogP contribution in [0.2, 0.25) is 0 Å². The molecule has 0 atom stereocenters. The number of rotatable bonds is 0. The number of hydrogen-bond donors (Lipinski definition) is 0. The molecule has 0 spiro atoms. The topological polar surface area (TPSA) is 13.1 Å². The molecule has 0 fully saturated rings. The maximum Gasteiger partial charge on any atom is 0.250 e. The summed E-state index contributed by atoms with van der Waals surface area (Å²) < 4.78 is 5.62. The largest absolute Gasteiger partial charge is 0.396 e. The molecule has 0 saturated heterocycles. The third-order valence-corrected chi connectivity index (χ3v) is 2.22. The molecule has 0 radical (unpaired) electrons. The van der Waals surface area contributed by atoms with Gasteiger partial charge in [-0.05, 0) is 12.1 Å². The van der Waals surface area contributed by atoms with Gasteiger partial charge in [0.25, 0.3) is 0 Å². The lowest BCUT2D eigenvalue weighted by atomic mass is 10.1. The highest BCUT2D eigenvalue weighted by molar-refractivity contribution is 5.92. The van der Waals surface area contributed by atoms with Gasteiger partial charge in [-0.2, -0.15) is 0 Å². The molecular formula is C12H7O+. The van der Waals surface area contributed by atoms with Crippen molar-refractivity contribution in [2.75, 3.05) is 0 Å². The summed E-state index contributed by atoms with van der Waals surface area (Å²) in [5.74, 6) is 0.906. The van der Waals surface area contributed by atoms with E-state index in [9.17, 15) is 0 Å². The van der Waals surface area contributed by atoms with E-state index < -0.39 is 0 Å². The molecule has 1 aliphatic carbocycles. The zero-order valence-corrected chi connectivity index (χ0v) is 6.95. The number of para-hydroxylation sites is 1. The fourth-order valence-electron chi connectivity index (χ4n) is 1.62. The number of hydrogen-bond acceptors (Lipinski definition) is 1. The molecule has 3 rings (SSSR count). The molecule has 0 aliphatic heterocycles. The lowest BCUT2D eigenvalue weighted by Crippen LogP contribution is -1.76. The van der Waals surface area contributed by atoms with Gasteiger partial charge in [-0.15, -0.1) is 0 Å². The van der Waals surface area contributed by atoms with E-state index in [-0.39, 0.29) is 0 Å². The first-order chi connectivity index (χ1) is 6.45. The van der Waals surface area contributed by atoms with E-state index in [0.717, 1.165) is 16.9 Å². The van der Waals surface area contributed by atoms with E-state index in [1.807, 2.05) is 36.4 Å². The molecule has 60 valence electrons. The molecule has 1 aliphatic rings. The monoisotopic (exact) mass is 167 g/mol. The molecule has 0 bridgehead atoms. The molecule has 13 heavy (non-hydrogen) atoms. The smallest absolute Gasteiger partial charge is 0.250 e. The van der Waals surface area contributed by atoms with E-state index >= 15 is 0 Å². The zero-order valence-electron chi connectivity index (χ0n) is 6.95. The average Bonchev–Trinajstić information content (AvgIpc) is 2.56. The molecule has 0 N–H and O–H groups in total. The van der Waals surface area contributed by atoms with Crippen molar-refractivity contribution in [3.05, 3.63) is 47.7 Å². The number of benzene rings is 1. The van der Waals surface area contributed by atoms with Gasteiger partial charge >= 0.3 is 0 Å². The summed E-state index contributed by atoms with van der Waals surface area (Å²) in [7, 11) is 0. The Morgan fingerprint density at radius 1 is 1.15 bits per heavy atom. The van der Waals surface area contributed by atoms with Crippen molar-refractivity contribution in [2.24, 2.45) is 0 Å². The van der Waals surface area contributed by atoms with Crippen LogP contribution in [0.5, 0.6) is 0 Å². The summed E-state index contributed by atoms with van der Waals surface area (Å²) in [6.07, 6.45) is 8.81. The van der Waals surface area contributed by atoms with Crippen LogP contribution in [0, 0.1) is 6.08 Å². The fraction of sp³-hybridized carbons (Fsp3) is 0. The first-order valence-electron chi connectivity index (χ1n) is 4.22. The van der Waals surface area contributed by atoms with Crippen molar-refractivity contribution in [1.29, 1.82) is 0 Å². The highest BCUT2D eigenvalue weighted by Gasteiger charge is 2.18. The van der Waals surface area contributed by atoms with Crippen LogP contribution in [0.4, 0.5) is 0 Å². The van der Waals surface area contributed by atoms with Crippen LogP contribution in [-0.2, 0) is 0 Å². The Morgan fingerprint density at radius 3 is 3.08 bits per heavy atom. The molecule has 1 aromatic heterocycles. The Balaban J connectivity index is 2.49. The Hall–Kier alpha value is -1.85. The van der Waals surface area contributed by atoms with Crippen LogP contribution in [0.25, 0.3) is 23.1 Å². The Bertz CT molecular complexity index is 515. The average molecular weight is 167 g/mol. The molecule has 2 aromatic rings. The second-order valence-electron chi connectivity index (χ2n) is 3.02. The summed E-state index contributed by atoms with van der Waals surface area (Å²) in [5, 5.41) is 1.17. The molecule has 0 saturated carbocycles. The fourth-order valence-corrected chi connectivity index (χ4v) is 1.62. The minimum absolute atomic E-state index is 0.906. The molecule has 0 unspecified atom stereocenters. The summed E-state index contributed by atoms with van der Waals surface area (Å²) in [6, 6.07) is 8.05. The standard InChI is InChI=1S/C12H7O/c1-3-7-11-9(5-1)10-6-2-4-8-12(10)13-11/h1-3,5-8H/q+1. The van der Waals surface area contributed by atoms with Crippen molar-refractivity contribution >= 4 is 23.1 Å². The Morgan fingerprint density at radius 2 is 2.08 bits per heavy atom. The summed E-state index contributed by atoms with van der Waals surface area (Å²) in [4.78, 5) is 0. The highest BCUT2D eigenvalue weighted by Crippen LogP contribution is 2.29. The minimum atomic E-state index is 0.906. The Kier molecular flexibility index (Phi) is 1.18. The van der Waals surface area contributed by atoms with Crippen LogP contribution in [0.15, 0.2) is 34.8 Å². The zero-order chi connectivity index (χ0) is 8.67. The predicted molar refractivity (Wildman–Crippen MR) is 53.0 cm³/mol. The van der Waals surface area contributed by atoms with Gasteiger partial charge in [0.1, 0.15) is 17.7 Å². The second kappa shape index (κ2) is 2.32. The first kappa shape index (κ1) is 6.64. The molecule has 1 nitrogen and oxygen atoms in total. The van der Waals surface area contributed by atoms with Crippen LogP contribution < -0.4 is 0 Å². The summed E-state index contributed by atoms with van der Waals surface area (Å²) in [6.45, 7) is 0. The minimum Gasteiger partial charge on any atom is -0.396 e. The highest BCUT2D eigenvalue weighted by atomic mass is 16.3. The normalized spacial score (nSPS) is 12.9. The van der Waals surface area contributed by atoms with Gasteiger partial charge in [0.2, 0.25) is 5.76 Å². The maximum atomic E-state index is 5.62. The van der Waals surface area contributed by atoms with E-state index in [0.29, 0.717) is 0 Å². The summed E-state index contributed by atoms with van der Waals surface area (Å²) in [5.41, 5.74) is 2.10. The molecule has 0 amide bonds. The Labute approximate surface area is 76.0 Å². The third-order valence-electron chi connectivity index (χ3n) is 2.22. The third kappa shape index (κ3) is 0.851. The number of furan rings is 1. The van der Waals surface area contributed by atoms with Gasteiger partial charge in [-0.3, -0.25) is 0 Å². The SMILES string of the molecule is [C+]1=Cc2oc3ccccc3c2C=C1. The van der Waals surface area contributed by atoms with Crippen molar-refractivity contribution in [3.8, 4) is 0 Å². The van der Waals surface area contributed by atoms with Gasteiger partial charge in [0.15, 0.2) is 5.58 Å². The predicted octanol–water partition coefficient (Wildman–Crippen LogP) is 3.28. The number of allylic oxidation sites excluding steroid dienone is 2. The van der Waals surface area contributed by atoms with Gasteiger partial charge in [0, 0.05) is 6.08 Å². The van der Waals surface area contributed by atoms with Crippen molar-refractivity contribution in [3.63, 3.8) is 0 Å². The van der Waals surface area contributed by atoms with Crippen molar-refractivity contribution in [1.82, 2.24) is 0 Å². The summed E-state index contributed by atoms with van der Waals surface area (Å²) >= 11 is 0. The van der Waals surface area contributed by atoms with Crippen LogP contribution in [-0.4, -0.2) is 0 Å². The maximum absolute atomic E-state index is 5.62. The molecule has 1 heteroatoms. The van der Waals surface area contributed by atoms with Gasteiger partial charge < -0.3 is 4.42 Å². The lowest BCUT2D eigenvalue weighted by Gasteiger charge is -1.84.